The lowest BCUT2D eigenvalue weighted by Gasteiger charge is -2.11. The highest BCUT2D eigenvalue weighted by atomic mass is 16.1. The maximum Gasteiger partial charge on any atom is 0.251 e. The molecule has 0 unspecified atom stereocenters. The van der Waals surface area contributed by atoms with Gasteiger partial charge in [-0.3, -0.25) is 4.79 Å². The molecule has 86 valence electrons. The Balaban J connectivity index is 1.79. The Labute approximate surface area is 99.5 Å². The Morgan fingerprint density at radius 2 is 2.06 bits per heavy atom. The van der Waals surface area contributed by atoms with Gasteiger partial charge in [0.05, 0.1) is 0 Å². The lowest BCUT2D eigenvalue weighted by Crippen LogP contribution is -2.32. The fourth-order valence-electron chi connectivity index (χ4n) is 2.19. The van der Waals surface area contributed by atoms with Crippen molar-refractivity contribution in [1.82, 2.24) is 10.3 Å². The van der Waals surface area contributed by atoms with Gasteiger partial charge in [-0.15, -0.1) is 0 Å². The second-order valence-electron chi connectivity index (χ2n) is 4.39. The van der Waals surface area contributed by atoms with Crippen molar-refractivity contribution in [3.8, 4) is 0 Å². The zero-order valence-corrected chi connectivity index (χ0v) is 9.44. The van der Waals surface area contributed by atoms with Crippen LogP contribution in [0.4, 0.5) is 0 Å². The Morgan fingerprint density at radius 3 is 2.88 bits per heavy atom. The molecule has 0 saturated heterocycles. The van der Waals surface area contributed by atoms with E-state index in [1.54, 1.807) is 0 Å². The van der Waals surface area contributed by atoms with Crippen LogP contribution < -0.4 is 5.32 Å². The van der Waals surface area contributed by atoms with Gasteiger partial charge in [-0.2, -0.15) is 0 Å². The van der Waals surface area contributed by atoms with Crippen molar-refractivity contribution >= 4 is 16.8 Å². The Morgan fingerprint density at radius 1 is 1.24 bits per heavy atom. The molecule has 0 spiro atoms. The summed E-state index contributed by atoms with van der Waals surface area (Å²) in [6, 6.07) is 7.99. The van der Waals surface area contributed by atoms with E-state index in [-0.39, 0.29) is 11.9 Å². The second-order valence-corrected chi connectivity index (χ2v) is 4.39. The molecule has 1 aliphatic rings. The summed E-state index contributed by atoms with van der Waals surface area (Å²) in [5, 5.41) is 4.17. The molecule has 1 heterocycles. The molecule has 1 aromatic carbocycles. The highest BCUT2D eigenvalue weighted by Gasteiger charge is 2.14. The summed E-state index contributed by atoms with van der Waals surface area (Å²) in [4.78, 5) is 15.1. The molecule has 17 heavy (non-hydrogen) atoms. The molecule has 0 aliphatic heterocycles. The van der Waals surface area contributed by atoms with Gasteiger partial charge < -0.3 is 10.3 Å². The quantitative estimate of drug-likeness (QED) is 0.760. The van der Waals surface area contributed by atoms with E-state index in [0.29, 0.717) is 5.56 Å². The number of aromatic nitrogens is 1. The smallest absolute Gasteiger partial charge is 0.251 e. The molecule has 1 amide bonds. The van der Waals surface area contributed by atoms with E-state index in [1.807, 2.05) is 30.5 Å². The molecule has 1 aromatic heterocycles. The summed E-state index contributed by atoms with van der Waals surface area (Å²) < 4.78 is 0. The Bertz CT molecular complexity index is 575. The highest BCUT2D eigenvalue weighted by molar-refractivity contribution is 5.98. The largest absolute Gasteiger partial charge is 0.361 e. The topological polar surface area (TPSA) is 44.9 Å². The number of amides is 1. The van der Waals surface area contributed by atoms with Crippen LogP contribution >= 0.6 is 0 Å². The van der Waals surface area contributed by atoms with Crippen LogP contribution in [0.15, 0.2) is 42.6 Å². The summed E-state index contributed by atoms with van der Waals surface area (Å²) in [7, 11) is 0. The van der Waals surface area contributed by atoms with Crippen LogP contribution in [0, 0.1) is 0 Å². The number of rotatable bonds is 2. The number of nitrogens with one attached hydrogen (secondary N) is 2. The van der Waals surface area contributed by atoms with E-state index < -0.39 is 0 Å². The monoisotopic (exact) mass is 226 g/mol. The lowest BCUT2D eigenvalue weighted by molar-refractivity contribution is 0.0939. The summed E-state index contributed by atoms with van der Waals surface area (Å²) in [6.45, 7) is 0. The van der Waals surface area contributed by atoms with E-state index in [1.165, 1.54) is 0 Å². The predicted octanol–water partition coefficient (Wildman–Crippen LogP) is 2.62. The van der Waals surface area contributed by atoms with Crippen molar-refractivity contribution in [2.24, 2.45) is 0 Å². The molecule has 0 saturated carbocycles. The van der Waals surface area contributed by atoms with Gasteiger partial charge in [-0.1, -0.05) is 18.2 Å². The minimum atomic E-state index is 0.00944. The molecular weight excluding hydrogens is 212 g/mol. The number of carbonyl (C=O) groups excluding carboxylic acids is 1. The number of hydrogen-bond donors (Lipinski definition) is 2. The summed E-state index contributed by atoms with van der Waals surface area (Å²) in [5.41, 5.74) is 1.72. The first kappa shape index (κ1) is 10.1. The Hall–Kier alpha value is -2.03. The number of fused-ring (bicyclic) bond motifs is 1. The fraction of sp³-hybridized carbons (Fsp3) is 0.214. The molecule has 3 rings (SSSR count). The SMILES string of the molecule is O=C(NC1CC=CC1)c1ccc2cc[nH]c2c1. The van der Waals surface area contributed by atoms with E-state index in [9.17, 15) is 4.79 Å². The fourth-order valence-corrected chi connectivity index (χ4v) is 2.19. The van der Waals surface area contributed by atoms with Crippen LogP contribution in [0.2, 0.25) is 0 Å². The molecule has 2 aromatic rings. The van der Waals surface area contributed by atoms with E-state index in [0.717, 1.165) is 23.7 Å². The maximum absolute atomic E-state index is 12.0. The van der Waals surface area contributed by atoms with Crippen molar-refractivity contribution in [1.29, 1.82) is 0 Å². The van der Waals surface area contributed by atoms with Crippen molar-refractivity contribution in [3.05, 3.63) is 48.2 Å². The normalized spacial score (nSPS) is 15.5. The van der Waals surface area contributed by atoms with E-state index >= 15 is 0 Å². The van der Waals surface area contributed by atoms with Gasteiger partial charge in [0.2, 0.25) is 0 Å². The zero-order chi connectivity index (χ0) is 11.7. The second kappa shape index (κ2) is 4.09. The molecule has 1 aliphatic carbocycles. The molecule has 3 heteroatoms. The number of aromatic amines is 1. The number of benzene rings is 1. The molecule has 3 nitrogen and oxygen atoms in total. The zero-order valence-electron chi connectivity index (χ0n) is 9.44. The predicted molar refractivity (Wildman–Crippen MR) is 67.9 cm³/mol. The van der Waals surface area contributed by atoms with Crippen LogP contribution in [0.25, 0.3) is 10.9 Å². The standard InChI is InChI=1S/C14H14N2O/c17-14(16-12-3-1-2-4-12)11-6-5-10-7-8-15-13(10)9-11/h1-2,5-9,12,15H,3-4H2,(H,16,17). The van der Waals surface area contributed by atoms with Gasteiger partial charge in [0.1, 0.15) is 0 Å². The van der Waals surface area contributed by atoms with Gasteiger partial charge in [0, 0.05) is 23.3 Å². The highest BCUT2D eigenvalue weighted by Crippen LogP contribution is 2.15. The van der Waals surface area contributed by atoms with Crippen LogP contribution in [-0.2, 0) is 0 Å². The van der Waals surface area contributed by atoms with Crippen molar-refractivity contribution in [3.63, 3.8) is 0 Å². The summed E-state index contributed by atoms with van der Waals surface area (Å²) >= 11 is 0. The maximum atomic E-state index is 12.0. The molecule has 2 N–H and O–H groups in total. The first-order chi connectivity index (χ1) is 8.33. The van der Waals surface area contributed by atoms with Crippen LogP contribution in [-0.4, -0.2) is 16.9 Å². The van der Waals surface area contributed by atoms with Crippen LogP contribution in [0.3, 0.4) is 0 Å². The number of H-pyrrole nitrogens is 1. The minimum Gasteiger partial charge on any atom is -0.361 e. The summed E-state index contributed by atoms with van der Waals surface area (Å²) in [5.74, 6) is 0.00944. The van der Waals surface area contributed by atoms with Crippen molar-refractivity contribution in [2.75, 3.05) is 0 Å². The van der Waals surface area contributed by atoms with Gasteiger partial charge >= 0.3 is 0 Å². The van der Waals surface area contributed by atoms with Gasteiger partial charge in [0.25, 0.3) is 5.91 Å². The van der Waals surface area contributed by atoms with E-state index in [2.05, 4.69) is 22.5 Å². The average Bonchev–Trinajstić information content (AvgIpc) is 2.97. The third-order valence-corrected chi connectivity index (χ3v) is 3.16. The third-order valence-electron chi connectivity index (χ3n) is 3.16. The molecule has 0 bridgehead atoms. The minimum absolute atomic E-state index is 0.00944. The first-order valence-corrected chi connectivity index (χ1v) is 5.86. The molecular formula is C14H14N2O. The lowest BCUT2D eigenvalue weighted by atomic mass is 10.1. The number of carbonyl (C=O) groups is 1. The van der Waals surface area contributed by atoms with E-state index in [4.69, 9.17) is 0 Å². The average molecular weight is 226 g/mol. The third kappa shape index (κ3) is 1.96. The van der Waals surface area contributed by atoms with Crippen molar-refractivity contribution < 1.29 is 4.79 Å². The molecule has 0 fully saturated rings. The van der Waals surface area contributed by atoms with Crippen LogP contribution in [0.5, 0.6) is 0 Å². The molecule has 0 atom stereocenters. The summed E-state index contributed by atoms with van der Waals surface area (Å²) in [6.07, 6.45) is 7.98. The van der Waals surface area contributed by atoms with Crippen LogP contribution in [0.1, 0.15) is 23.2 Å². The Kier molecular flexibility index (Phi) is 2.44. The number of hydrogen-bond acceptors (Lipinski definition) is 1. The van der Waals surface area contributed by atoms with Crippen molar-refractivity contribution in [2.45, 2.75) is 18.9 Å². The van der Waals surface area contributed by atoms with Gasteiger partial charge in [0.15, 0.2) is 0 Å². The van der Waals surface area contributed by atoms with Gasteiger partial charge in [-0.25, -0.2) is 0 Å². The van der Waals surface area contributed by atoms with Gasteiger partial charge in [-0.05, 0) is 36.4 Å². The first-order valence-electron chi connectivity index (χ1n) is 5.86. The molecule has 0 radical (unpaired) electrons.